The molecule has 4 heteroatoms. The van der Waals surface area contributed by atoms with Crippen LogP contribution in [0.5, 0.6) is 0 Å². The van der Waals surface area contributed by atoms with Crippen molar-refractivity contribution in [3.05, 3.63) is 28.0 Å². The second-order valence-electron chi connectivity index (χ2n) is 2.33. The maximum atomic E-state index is 5.68. The van der Waals surface area contributed by atoms with E-state index in [1.807, 2.05) is 7.05 Å². The van der Waals surface area contributed by atoms with E-state index >= 15 is 0 Å². The molecule has 0 bridgehead atoms. The fourth-order valence-electron chi connectivity index (χ4n) is 0.772. The number of aromatic nitrogens is 1. The first-order chi connectivity index (χ1) is 6.22. The minimum absolute atomic E-state index is 0.362. The van der Waals surface area contributed by atoms with Gasteiger partial charge in [-0.3, -0.25) is 0 Å². The number of halogens is 2. The molecule has 1 heterocycles. The highest BCUT2D eigenvalue weighted by atomic mass is 35.5. The van der Waals surface area contributed by atoms with Crippen LogP contribution in [0.25, 0.3) is 0 Å². The first kappa shape index (κ1) is 10.3. The highest BCUT2D eigenvalue weighted by molar-refractivity contribution is 6.32. The average Bonchev–Trinajstić information content (AvgIpc) is 2.03. The molecule has 0 fully saturated rings. The zero-order valence-corrected chi connectivity index (χ0v) is 8.58. The monoisotopic (exact) mass is 214 g/mol. The molecule has 68 valence electrons. The van der Waals surface area contributed by atoms with E-state index in [2.05, 4.69) is 22.1 Å². The molecule has 0 aliphatic carbocycles. The van der Waals surface area contributed by atoms with Crippen LogP contribution in [0.15, 0.2) is 12.1 Å². The molecule has 0 aliphatic heterocycles. The summed E-state index contributed by atoms with van der Waals surface area (Å²) in [6.07, 6.45) is 0. The summed E-state index contributed by atoms with van der Waals surface area (Å²) in [7, 11) is 1.83. The van der Waals surface area contributed by atoms with Gasteiger partial charge in [0, 0.05) is 5.56 Å². The van der Waals surface area contributed by atoms with Gasteiger partial charge in [0.1, 0.15) is 10.3 Å². The molecule has 1 rings (SSSR count). The van der Waals surface area contributed by atoms with Crippen molar-refractivity contribution >= 4 is 23.2 Å². The van der Waals surface area contributed by atoms with Crippen LogP contribution in [0, 0.1) is 11.8 Å². The summed E-state index contributed by atoms with van der Waals surface area (Å²) in [4.78, 5) is 3.81. The van der Waals surface area contributed by atoms with Crippen molar-refractivity contribution in [2.75, 3.05) is 13.6 Å². The van der Waals surface area contributed by atoms with Gasteiger partial charge in [0.25, 0.3) is 0 Å². The Morgan fingerprint density at radius 2 is 2.00 bits per heavy atom. The van der Waals surface area contributed by atoms with Gasteiger partial charge in [-0.05, 0) is 19.2 Å². The van der Waals surface area contributed by atoms with Gasteiger partial charge < -0.3 is 5.32 Å². The fourth-order valence-corrected chi connectivity index (χ4v) is 1.23. The third-order valence-corrected chi connectivity index (χ3v) is 1.65. The number of rotatable bonds is 1. The molecule has 13 heavy (non-hydrogen) atoms. The first-order valence-corrected chi connectivity index (χ1v) is 4.44. The zero-order valence-electron chi connectivity index (χ0n) is 7.06. The number of hydrogen-bond donors (Lipinski definition) is 1. The third kappa shape index (κ3) is 3.65. The van der Waals surface area contributed by atoms with Gasteiger partial charge in [0.05, 0.1) is 6.54 Å². The summed E-state index contributed by atoms with van der Waals surface area (Å²) in [6.45, 7) is 0.636. The normalized spacial score (nSPS) is 9.15. The molecule has 0 aromatic carbocycles. The van der Waals surface area contributed by atoms with Crippen molar-refractivity contribution in [2.45, 2.75) is 0 Å². The van der Waals surface area contributed by atoms with E-state index in [9.17, 15) is 0 Å². The molecule has 2 nitrogen and oxygen atoms in total. The second kappa shape index (κ2) is 5.08. The molecule has 0 radical (unpaired) electrons. The SMILES string of the molecule is CNCC#Cc1cc(Cl)nc(Cl)c1. The van der Waals surface area contributed by atoms with E-state index < -0.39 is 0 Å². The minimum Gasteiger partial charge on any atom is -0.309 e. The van der Waals surface area contributed by atoms with Crippen LogP contribution in [0.1, 0.15) is 5.56 Å². The molecule has 0 amide bonds. The Morgan fingerprint density at radius 3 is 2.54 bits per heavy atom. The van der Waals surface area contributed by atoms with E-state index in [0.29, 0.717) is 16.9 Å². The Morgan fingerprint density at radius 1 is 1.38 bits per heavy atom. The predicted octanol–water partition coefficient (Wildman–Crippen LogP) is 1.96. The van der Waals surface area contributed by atoms with Crippen LogP contribution in [0.3, 0.4) is 0 Å². The quantitative estimate of drug-likeness (QED) is 0.572. The van der Waals surface area contributed by atoms with Gasteiger partial charge in [0.2, 0.25) is 0 Å². The standard InChI is InChI=1S/C9H8Cl2N2/c1-12-4-2-3-7-5-8(10)13-9(11)6-7/h5-6,12H,4H2,1H3. The second-order valence-corrected chi connectivity index (χ2v) is 3.11. The van der Waals surface area contributed by atoms with Gasteiger partial charge >= 0.3 is 0 Å². The van der Waals surface area contributed by atoms with Crippen LogP contribution in [0.4, 0.5) is 0 Å². The summed E-state index contributed by atoms with van der Waals surface area (Å²) in [5, 5.41) is 3.64. The van der Waals surface area contributed by atoms with Crippen LogP contribution in [-0.4, -0.2) is 18.6 Å². The van der Waals surface area contributed by atoms with E-state index in [1.165, 1.54) is 0 Å². The molecule has 0 saturated carbocycles. The lowest BCUT2D eigenvalue weighted by molar-refractivity contribution is 0.938. The van der Waals surface area contributed by atoms with Gasteiger partial charge in [0.15, 0.2) is 0 Å². The lowest BCUT2D eigenvalue weighted by Crippen LogP contribution is -2.04. The van der Waals surface area contributed by atoms with E-state index in [1.54, 1.807) is 12.1 Å². The molecule has 0 unspecified atom stereocenters. The maximum Gasteiger partial charge on any atom is 0.132 e. The number of pyridine rings is 1. The molecule has 1 N–H and O–H groups in total. The maximum absolute atomic E-state index is 5.68. The Kier molecular flexibility index (Phi) is 4.04. The van der Waals surface area contributed by atoms with Crippen LogP contribution >= 0.6 is 23.2 Å². The average molecular weight is 215 g/mol. The fraction of sp³-hybridized carbons (Fsp3) is 0.222. The molecular weight excluding hydrogens is 207 g/mol. The van der Waals surface area contributed by atoms with Gasteiger partial charge in [-0.2, -0.15) is 0 Å². The smallest absolute Gasteiger partial charge is 0.132 e. The van der Waals surface area contributed by atoms with Gasteiger partial charge in [-0.1, -0.05) is 35.0 Å². The predicted molar refractivity (Wildman–Crippen MR) is 55.1 cm³/mol. The molecule has 1 aromatic rings. The van der Waals surface area contributed by atoms with Crippen LogP contribution in [-0.2, 0) is 0 Å². The lowest BCUT2D eigenvalue weighted by Gasteiger charge is -1.93. The van der Waals surface area contributed by atoms with Gasteiger partial charge in [-0.15, -0.1) is 0 Å². The molecule has 0 atom stereocenters. The van der Waals surface area contributed by atoms with Crippen molar-refractivity contribution in [3.8, 4) is 11.8 Å². The Hall–Kier alpha value is -0.750. The molecule has 1 aromatic heterocycles. The zero-order chi connectivity index (χ0) is 9.68. The van der Waals surface area contributed by atoms with E-state index in [0.717, 1.165) is 5.56 Å². The molecule has 0 aliphatic rings. The lowest BCUT2D eigenvalue weighted by atomic mass is 10.3. The first-order valence-electron chi connectivity index (χ1n) is 3.69. The van der Waals surface area contributed by atoms with Crippen LogP contribution < -0.4 is 5.32 Å². The van der Waals surface area contributed by atoms with Crippen LogP contribution in [0.2, 0.25) is 10.3 Å². The molecule has 0 saturated heterocycles. The number of hydrogen-bond acceptors (Lipinski definition) is 2. The number of nitrogens with one attached hydrogen (secondary N) is 1. The summed E-state index contributed by atoms with van der Waals surface area (Å²) < 4.78 is 0. The molecular formula is C9H8Cl2N2. The van der Waals surface area contributed by atoms with Crippen molar-refractivity contribution in [2.24, 2.45) is 0 Å². The third-order valence-electron chi connectivity index (χ3n) is 1.26. The molecule has 0 spiro atoms. The van der Waals surface area contributed by atoms with E-state index in [-0.39, 0.29) is 0 Å². The summed E-state index contributed by atoms with van der Waals surface area (Å²) in [5.41, 5.74) is 0.778. The van der Waals surface area contributed by atoms with Crippen molar-refractivity contribution in [3.63, 3.8) is 0 Å². The Bertz CT molecular complexity index is 332. The number of nitrogens with zero attached hydrogens (tertiary/aromatic N) is 1. The van der Waals surface area contributed by atoms with Gasteiger partial charge in [-0.25, -0.2) is 4.98 Å². The highest BCUT2D eigenvalue weighted by Gasteiger charge is 1.95. The minimum atomic E-state index is 0.362. The Balaban J connectivity index is 2.85. The Labute approximate surface area is 87.3 Å². The highest BCUT2D eigenvalue weighted by Crippen LogP contribution is 2.13. The van der Waals surface area contributed by atoms with E-state index in [4.69, 9.17) is 23.2 Å². The largest absolute Gasteiger partial charge is 0.309 e. The van der Waals surface area contributed by atoms with Crippen molar-refractivity contribution in [1.82, 2.24) is 10.3 Å². The summed E-state index contributed by atoms with van der Waals surface area (Å²) >= 11 is 11.4. The van der Waals surface area contributed by atoms with Crippen molar-refractivity contribution < 1.29 is 0 Å². The summed E-state index contributed by atoms with van der Waals surface area (Å²) in [6, 6.07) is 3.35. The topological polar surface area (TPSA) is 24.9 Å². The summed E-state index contributed by atoms with van der Waals surface area (Å²) in [5.74, 6) is 5.81. The van der Waals surface area contributed by atoms with Crippen molar-refractivity contribution in [1.29, 1.82) is 0 Å².